The fraction of sp³-hybridized carbons (Fsp3) is 0.357. The molecule has 2 rings (SSSR count). The summed E-state index contributed by atoms with van der Waals surface area (Å²) in [5, 5.41) is 2.28. The summed E-state index contributed by atoms with van der Waals surface area (Å²) in [4.78, 5) is 28.4. The average Bonchev–Trinajstić information content (AvgIpc) is 2.76. The number of halogens is 1. The minimum atomic E-state index is -0.688. The van der Waals surface area contributed by atoms with Gasteiger partial charge in [-0.2, -0.15) is 4.79 Å². The first-order valence-corrected chi connectivity index (χ1v) is 6.42. The highest BCUT2D eigenvalue weighted by molar-refractivity contribution is 6.03. The number of rotatable bonds is 2. The van der Waals surface area contributed by atoms with Gasteiger partial charge in [-0.25, -0.2) is 4.98 Å². The van der Waals surface area contributed by atoms with Gasteiger partial charge >= 0.3 is 0 Å². The number of imidazole rings is 1. The highest BCUT2D eigenvalue weighted by atomic mass is 19.2. The maximum absolute atomic E-state index is 13.2. The highest BCUT2D eigenvalue weighted by Gasteiger charge is 2.23. The lowest BCUT2D eigenvalue weighted by Crippen LogP contribution is -2.31. The number of hydrogen-bond acceptors (Lipinski definition) is 3. The third-order valence-corrected chi connectivity index (χ3v) is 3.03. The number of amides is 1. The first-order valence-electron chi connectivity index (χ1n) is 6.42. The predicted molar refractivity (Wildman–Crippen MR) is 77.1 cm³/mol. The summed E-state index contributed by atoms with van der Waals surface area (Å²) in [7, 11) is 1.72. The average molecular weight is 292 g/mol. The van der Waals surface area contributed by atoms with Crippen LogP contribution in [0.1, 0.15) is 36.7 Å². The molecule has 0 aliphatic rings. The molecule has 0 aliphatic carbocycles. The molecule has 2 aromatic rings. The van der Waals surface area contributed by atoms with Gasteiger partial charge in [-0.1, -0.05) is 25.3 Å². The second-order valence-corrected chi connectivity index (χ2v) is 5.85. The molecule has 0 bridgehead atoms. The molecule has 0 unspecified atom stereocenters. The fourth-order valence-corrected chi connectivity index (χ4v) is 1.95. The molecular formula is C14H17FN4O2. The Kier molecular flexibility index (Phi) is 3.67. The van der Waals surface area contributed by atoms with E-state index in [0.717, 1.165) is 6.20 Å². The maximum atomic E-state index is 13.2. The molecular weight excluding hydrogens is 275 g/mol. The SMILES string of the molecule is Cn1cc(C(=O)Nc2nccn2F)c(=O)c(C(C)(C)C)c1. The minimum Gasteiger partial charge on any atom is -0.356 e. The van der Waals surface area contributed by atoms with Crippen LogP contribution in [0.3, 0.4) is 0 Å². The van der Waals surface area contributed by atoms with Crippen LogP contribution in [-0.2, 0) is 12.5 Å². The molecule has 7 heteroatoms. The van der Waals surface area contributed by atoms with E-state index in [9.17, 15) is 14.1 Å². The number of aromatic nitrogens is 3. The van der Waals surface area contributed by atoms with Gasteiger partial charge in [-0.05, 0) is 5.41 Å². The quantitative estimate of drug-likeness (QED) is 0.918. The number of nitrogens with zero attached hydrogens (tertiary/aromatic N) is 3. The molecule has 2 aromatic heterocycles. The molecule has 1 amide bonds. The Morgan fingerprint density at radius 1 is 1.33 bits per heavy atom. The van der Waals surface area contributed by atoms with Gasteiger partial charge in [0.1, 0.15) is 5.56 Å². The molecule has 0 atom stereocenters. The standard InChI is InChI=1S/C14H17FN4O2/c1-14(2,3)10-8-18(4)7-9(11(10)20)12(21)17-13-16-5-6-19(13)15/h5-8H,1-4H3,(H,16,17,21). The van der Waals surface area contributed by atoms with Crippen LogP contribution in [-0.4, -0.2) is 20.2 Å². The van der Waals surface area contributed by atoms with Crippen molar-refractivity contribution >= 4 is 11.9 Å². The Labute approximate surface area is 121 Å². The van der Waals surface area contributed by atoms with E-state index in [2.05, 4.69) is 10.3 Å². The van der Waals surface area contributed by atoms with Gasteiger partial charge < -0.3 is 4.57 Å². The summed E-state index contributed by atoms with van der Waals surface area (Å²) in [5.74, 6) is -0.949. The van der Waals surface area contributed by atoms with E-state index in [0.29, 0.717) is 5.56 Å². The lowest BCUT2D eigenvalue weighted by atomic mass is 9.87. The van der Waals surface area contributed by atoms with Gasteiger partial charge in [-0.3, -0.25) is 14.9 Å². The lowest BCUT2D eigenvalue weighted by molar-refractivity contribution is 0.102. The van der Waals surface area contributed by atoms with E-state index in [1.165, 1.54) is 12.4 Å². The van der Waals surface area contributed by atoms with Crippen LogP contribution in [0.25, 0.3) is 0 Å². The summed E-state index contributed by atoms with van der Waals surface area (Å²) in [5.41, 5.74) is -0.298. The predicted octanol–water partition coefficient (Wildman–Crippen LogP) is 1.86. The van der Waals surface area contributed by atoms with Crippen molar-refractivity contribution in [2.75, 3.05) is 5.32 Å². The Morgan fingerprint density at radius 2 is 2.00 bits per heavy atom. The summed E-state index contributed by atoms with van der Waals surface area (Å²) < 4.78 is 14.9. The smallest absolute Gasteiger partial charge is 0.263 e. The number of carbonyl (C=O) groups is 1. The molecule has 0 spiro atoms. The van der Waals surface area contributed by atoms with Crippen molar-refractivity contribution in [2.45, 2.75) is 26.2 Å². The van der Waals surface area contributed by atoms with Crippen molar-refractivity contribution in [2.24, 2.45) is 7.05 Å². The molecule has 2 heterocycles. The molecule has 6 nitrogen and oxygen atoms in total. The molecule has 0 radical (unpaired) electrons. The number of nitrogens with one attached hydrogen (secondary N) is 1. The molecule has 0 fully saturated rings. The summed E-state index contributed by atoms with van der Waals surface area (Å²) in [6.07, 6.45) is 5.37. The van der Waals surface area contributed by atoms with Crippen molar-refractivity contribution < 1.29 is 9.28 Å². The van der Waals surface area contributed by atoms with Gasteiger partial charge in [0, 0.05) is 25.0 Å². The number of carbonyl (C=O) groups excluding carboxylic acids is 1. The van der Waals surface area contributed by atoms with E-state index in [4.69, 9.17) is 0 Å². The second kappa shape index (κ2) is 5.16. The minimum absolute atomic E-state index is 0.0482. The van der Waals surface area contributed by atoms with Gasteiger partial charge in [0.05, 0.1) is 12.4 Å². The Morgan fingerprint density at radius 3 is 2.52 bits per heavy atom. The number of hydrogen-bond donors (Lipinski definition) is 1. The second-order valence-electron chi connectivity index (χ2n) is 5.85. The Balaban J connectivity index is 2.45. The Bertz CT molecular complexity index is 740. The van der Waals surface area contributed by atoms with Crippen LogP contribution in [0.2, 0.25) is 0 Å². The van der Waals surface area contributed by atoms with Crippen molar-refractivity contribution in [1.82, 2.24) is 14.3 Å². The van der Waals surface area contributed by atoms with E-state index >= 15 is 0 Å². The van der Waals surface area contributed by atoms with Crippen molar-refractivity contribution in [3.63, 3.8) is 0 Å². The summed E-state index contributed by atoms with van der Waals surface area (Å²) in [6, 6.07) is 0. The van der Waals surface area contributed by atoms with Crippen LogP contribution in [0, 0.1) is 0 Å². The first kappa shape index (κ1) is 15.0. The van der Waals surface area contributed by atoms with Gasteiger partial charge in [0.2, 0.25) is 5.95 Å². The van der Waals surface area contributed by atoms with E-state index in [-0.39, 0.29) is 21.7 Å². The van der Waals surface area contributed by atoms with Crippen LogP contribution in [0.4, 0.5) is 10.4 Å². The molecule has 112 valence electrons. The third-order valence-electron chi connectivity index (χ3n) is 3.03. The monoisotopic (exact) mass is 292 g/mol. The Hall–Kier alpha value is -2.44. The molecule has 0 saturated carbocycles. The summed E-state index contributed by atoms with van der Waals surface area (Å²) >= 11 is 0. The number of aryl methyl sites for hydroxylation is 1. The normalized spacial score (nSPS) is 11.5. The largest absolute Gasteiger partial charge is 0.356 e. The summed E-state index contributed by atoms with van der Waals surface area (Å²) in [6.45, 7) is 5.67. The zero-order valence-corrected chi connectivity index (χ0v) is 12.3. The molecule has 0 saturated heterocycles. The van der Waals surface area contributed by atoms with Gasteiger partial charge in [0.25, 0.3) is 5.91 Å². The maximum Gasteiger partial charge on any atom is 0.263 e. The topological polar surface area (TPSA) is 68.9 Å². The van der Waals surface area contributed by atoms with E-state index in [1.54, 1.807) is 17.8 Å². The van der Waals surface area contributed by atoms with Crippen molar-refractivity contribution in [1.29, 1.82) is 0 Å². The third kappa shape index (κ3) is 3.01. The first-order chi connectivity index (χ1) is 9.70. The zero-order valence-electron chi connectivity index (χ0n) is 12.3. The lowest BCUT2D eigenvalue weighted by Gasteiger charge is -2.19. The van der Waals surface area contributed by atoms with Crippen molar-refractivity contribution in [3.8, 4) is 0 Å². The van der Waals surface area contributed by atoms with Crippen LogP contribution >= 0.6 is 0 Å². The zero-order chi connectivity index (χ0) is 15.8. The fourth-order valence-electron chi connectivity index (χ4n) is 1.95. The van der Waals surface area contributed by atoms with Crippen LogP contribution < -0.4 is 10.7 Å². The molecule has 0 aromatic carbocycles. The molecule has 1 N–H and O–H groups in total. The van der Waals surface area contributed by atoms with Crippen LogP contribution in [0.15, 0.2) is 29.6 Å². The highest BCUT2D eigenvalue weighted by Crippen LogP contribution is 2.19. The van der Waals surface area contributed by atoms with E-state index in [1.807, 2.05) is 20.8 Å². The van der Waals surface area contributed by atoms with Crippen molar-refractivity contribution in [3.05, 3.63) is 46.1 Å². The number of pyridine rings is 1. The van der Waals surface area contributed by atoms with Crippen LogP contribution in [0.5, 0.6) is 0 Å². The molecule has 0 aliphatic heterocycles. The number of anilines is 1. The van der Waals surface area contributed by atoms with Gasteiger partial charge in [0.15, 0.2) is 5.43 Å². The van der Waals surface area contributed by atoms with E-state index < -0.39 is 11.3 Å². The molecule has 21 heavy (non-hydrogen) atoms. The van der Waals surface area contributed by atoms with Gasteiger partial charge in [-0.15, -0.1) is 0 Å².